The Labute approximate surface area is 186 Å². The first kappa shape index (κ1) is 20.2. The Morgan fingerprint density at radius 2 is 1.97 bits per heavy atom. The number of benzene rings is 2. The summed E-state index contributed by atoms with van der Waals surface area (Å²) in [4.78, 5) is 22.0. The molecule has 2 aromatic carbocycles. The molecular weight excluding hydrogens is 408 g/mol. The highest BCUT2D eigenvalue weighted by Crippen LogP contribution is 2.34. The number of nitrogens with zero attached hydrogens (tertiary/aromatic N) is 3. The lowest BCUT2D eigenvalue weighted by atomic mass is 9.93. The third-order valence-corrected chi connectivity index (χ3v) is 6.97. The second-order valence-electron chi connectivity index (χ2n) is 8.00. The highest BCUT2D eigenvalue weighted by atomic mass is 32.2. The fourth-order valence-corrected chi connectivity index (χ4v) is 5.31. The third kappa shape index (κ3) is 3.83. The van der Waals surface area contributed by atoms with Crippen LogP contribution in [0.5, 0.6) is 0 Å². The van der Waals surface area contributed by atoms with Gasteiger partial charge in [-0.05, 0) is 47.9 Å². The van der Waals surface area contributed by atoms with Gasteiger partial charge in [-0.15, -0.1) is 11.8 Å². The zero-order chi connectivity index (χ0) is 21.4. The van der Waals surface area contributed by atoms with Crippen LogP contribution in [0.1, 0.15) is 15.9 Å². The van der Waals surface area contributed by atoms with E-state index in [1.165, 1.54) is 0 Å². The predicted octanol–water partition coefficient (Wildman–Crippen LogP) is 3.78. The number of anilines is 2. The zero-order valence-electron chi connectivity index (χ0n) is 17.6. The van der Waals surface area contributed by atoms with Crippen LogP contribution in [0.15, 0.2) is 42.5 Å². The molecule has 1 amide bonds. The number of pyridine rings is 1. The molecule has 5 rings (SSSR count). The van der Waals surface area contributed by atoms with Crippen LogP contribution < -0.4 is 10.6 Å². The number of nitrogens with two attached hydrogens (primary N) is 1. The number of aromatic nitrogens is 1. The molecule has 2 N–H and O–H groups in total. The maximum atomic E-state index is 13.2. The Kier molecular flexibility index (Phi) is 5.46. The van der Waals surface area contributed by atoms with Crippen LogP contribution in [0.4, 0.5) is 11.5 Å². The molecule has 7 heteroatoms. The van der Waals surface area contributed by atoms with E-state index >= 15 is 0 Å². The van der Waals surface area contributed by atoms with E-state index in [0.717, 1.165) is 70.1 Å². The number of thioether (sulfide) groups is 1. The number of carbonyl (C=O) groups excluding carboxylic acids is 1. The summed E-state index contributed by atoms with van der Waals surface area (Å²) in [5.41, 5.74) is 12.0. The van der Waals surface area contributed by atoms with Crippen molar-refractivity contribution >= 4 is 40.1 Å². The van der Waals surface area contributed by atoms with Crippen LogP contribution in [0.25, 0.3) is 22.0 Å². The van der Waals surface area contributed by atoms with Crippen molar-refractivity contribution in [3.05, 3.63) is 53.6 Å². The quantitative estimate of drug-likeness (QED) is 0.677. The SMILES string of the molecule is Cc1cccc(C(=O)N2CCSC2)c1-c1ccc2nc(N)c(N3CCOCC3)cc2c1. The van der Waals surface area contributed by atoms with E-state index in [9.17, 15) is 4.79 Å². The lowest BCUT2D eigenvalue weighted by molar-refractivity contribution is 0.0803. The van der Waals surface area contributed by atoms with Gasteiger partial charge in [-0.1, -0.05) is 18.2 Å². The number of carbonyl (C=O) groups is 1. The molecule has 0 atom stereocenters. The molecule has 2 aliphatic rings. The van der Waals surface area contributed by atoms with E-state index in [-0.39, 0.29) is 5.91 Å². The molecule has 3 aromatic rings. The number of morpholine rings is 1. The largest absolute Gasteiger partial charge is 0.382 e. The van der Waals surface area contributed by atoms with E-state index in [1.807, 2.05) is 29.2 Å². The second kappa shape index (κ2) is 8.40. The lowest BCUT2D eigenvalue weighted by Crippen LogP contribution is -2.36. The molecule has 3 heterocycles. The van der Waals surface area contributed by atoms with Crippen LogP contribution in [0.2, 0.25) is 0 Å². The fourth-order valence-electron chi connectivity index (χ4n) is 4.37. The summed E-state index contributed by atoms with van der Waals surface area (Å²) in [6, 6.07) is 14.3. The van der Waals surface area contributed by atoms with Gasteiger partial charge in [0.1, 0.15) is 5.82 Å². The van der Waals surface area contributed by atoms with Crippen molar-refractivity contribution in [1.29, 1.82) is 0 Å². The van der Waals surface area contributed by atoms with E-state index in [4.69, 9.17) is 10.5 Å². The number of hydrogen-bond acceptors (Lipinski definition) is 6. The van der Waals surface area contributed by atoms with Crippen LogP contribution in [0.3, 0.4) is 0 Å². The maximum absolute atomic E-state index is 13.2. The fraction of sp³-hybridized carbons (Fsp3) is 0.333. The summed E-state index contributed by atoms with van der Waals surface area (Å²) >= 11 is 1.80. The number of aryl methyl sites for hydroxylation is 1. The molecule has 160 valence electrons. The molecule has 31 heavy (non-hydrogen) atoms. The highest BCUT2D eigenvalue weighted by Gasteiger charge is 2.24. The average Bonchev–Trinajstić information content (AvgIpc) is 3.33. The Bertz CT molecular complexity index is 1140. The van der Waals surface area contributed by atoms with E-state index in [0.29, 0.717) is 19.0 Å². The Morgan fingerprint density at radius 3 is 2.74 bits per heavy atom. The molecule has 2 fully saturated rings. The van der Waals surface area contributed by atoms with Gasteiger partial charge in [0, 0.05) is 36.3 Å². The molecule has 0 spiro atoms. The van der Waals surface area contributed by atoms with Gasteiger partial charge in [0.15, 0.2) is 0 Å². The van der Waals surface area contributed by atoms with Gasteiger partial charge in [-0.3, -0.25) is 4.79 Å². The standard InChI is InChI=1S/C24H26N4O2S/c1-16-3-2-4-19(24(29)28-9-12-31-15-28)22(16)17-5-6-20-18(13-17)14-21(23(25)26-20)27-7-10-30-11-8-27/h2-6,13-14H,7-12,15H2,1H3,(H2,25,26). The number of hydrogen-bond donors (Lipinski definition) is 1. The van der Waals surface area contributed by atoms with Crippen molar-refractivity contribution in [2.24, 2.45) is 0 Å². The first-order valence-electron chi connectivity index (χ1n) is 10.6. The van der Waals surface area contributed by atoms with Gasteiger partial charge in [-0.2, -0.15) is 0 Å². The molecule has 0 bridgehead atoms. The van der Waals surface area contributed by atoms with Gasteiger partial charge < -0.3 is 20.3 Å². The van der Waals surface area contributed by atoms with Crippen molar-refractivity contribution in [3.63, 3.8) is 0 Å². The van der Waals surface area contributed by atoms with Gasteiger partial charge in [0.05, 0.1) is 30.3 Å². The minimum Gasteiger partial charge on any atom is -0.382 e. The van der Waals surface area contributed by atoms with E-state index in [2.05, 4.69) is 35.0 Å². The molecule has 0 unspecified atom stereocenters. The molecule has 1 aromatic heterocycles. The number of fused-ring (bicyclic) bond motifs is 1. The summed E-state index contributed by atoms with van der Waals surface area (Å²) in [6.45, 7) is 5.88. The van der Waals surface area contributed by atoms with Crippen LogP contribution in [-0.4, -0.2) is 60.3 Å². The summed E-state index contributed by atoms with van der Waals surface area (Å²) < 4.78 is 5.48. The second-order valence-corrected chi connectivity index (χ2v) is 9.08. The number of rotatable bonds is 3. The minimum absolute atomic E-state index is 0.105. The van der Waals surface area contributed by atoms with Crippen LogP contribution >= 0.6 is 11.8 Å². The van der Waals surface area contributed by atoms with Crippen molar-refractivity contribution in [1.82, 2.24) is 9.88 Å². The minimum atomic E-state index is 0.105. The Morgan fingerprint density at radius 1 is 1.13 bits per heavy atom. The molecule has 2 saturated heterocycles. The van der Waals surface area contributed by atoms with Gasteiger partial charge in [0.25, 0.3) is 5.91 Å². The average molecular weight is 435 g/mol. The van der Waals surface area contributed by atoms with Crippen LogP contribution in [-0.2, 0) is 4.74 Å². The predicted molar refractivity (Wildman–Crippen MR) is 128 cm³/mol. The Hall–Kier alpha value is -2.77. The number of nitrogen functional groups attached to an aromatic ring is 1. The molecule has 6 nitrogen and oxygen atoms in total. The topological polar surface area (TPSA) is 71.7 Å². The maximum Gasteiger partial charge on any atom is 0.255 e. The molecule has 2 aliphatic heterocycles. The summed E-state index contributed by atoms with van der Waals surface area (Å²) in [5.74, 6) is 2.41. The smallest absolute Gasteiger partial charge is 0.255 e. The first-order valence-corrected chi connectivity index (χ1v) is 11.8. The highest BCUT2D eigenvalue weighted by molar-refractivity contribution is 7.99. The summed E-state index contributed by atoms with van der Waals surface area (Å²) in [5, 5.41) is 1.02. The zero-order valence-corrected chi connectivity index (χ0v) is 18.5. The number of amides is 1. The van der Waals surface area contributed by atoms with Crippen molar-refractivity contribution in [3.8, 4) is 11.1 Å². The Balaban J connectivity index is 1.59. The molecule has 0 saturated carbocycles. The first-order chi connectivity index (χ1) is 15.1. The third-order valence-electron chi connectivity index (χ3n) is 6.01. The van der Waals surface area contributed by atoms with Gasteiger partial charge in [0.2, 0.25) is 0 Å². The van der Waals surface area contributed by atoms with Crippen LogP contribution in [0, 0.1) is 6.92 Å². The van der Waals surface area contributed by atoms with Crippen molar-refractivity contribution in [2.45, 2.75) is 6.92 Å². The molecular formula is C24H26N4O2S. The van der Waals surface area contributed by atoms with E-state index in [1.54, 1.807) is 11.8 Å². The number of ether oxygens (including phenoxy) is 1. The summed E-state index contributed by atoms with van der Waals surface area (Å²) in [6.07, 6.45) is 0. The van der Waals surface area contributed by atoms with Gasteiger partial charge >= 0.3 is 0 Å². The lowest BCUT2D eigenvalue weighted by Gasteiger charge is -2.29. The van der Waals surface area contributed by atoms with E-state index < -0.39 is 0 Å². The van der Waals surface area contributed by atoms with Gasteiger partial charge in [-0.25, -0.2) is 4.98 Å². The summed E-state index contributed by atoms with van der Waals surface area (Å²) in [7, 11) is 0. The molecule has 0 aliphatic carbocycles. The molecule has 0 radical (unpaired) electrons. The van der Waals surface area contributed by atoms with Crippen molar-refractivity contribution < 1.29 is 9.53 Å². The normalized spacial score (nSPS) is 16.8. The monoisotopic (exact) mass is 434 g/mol. The van der Waals surface area contributed by atoms with Crippen molar-refractivity contribution in [2.75, 3.05) is 55.1 Å².